The molecule has 1 aliphatic rings. The van der Waals surface area contributed by atoms with Crippen LogP contribution in [0.5, 0.6) is 0 Å². The van der Waals surface area contributed by atoms with Gasteiger partial charge in [0.1, 0.15) is 0 Å². The molecule has 1 aliphatic heterocycles. The van der Waals surface area contributed by atoms with E-state index in [9.17, 15) is 18.0 Å². The number of carbonyl (C=O) groups is 2. The van der Waals surface area contributed by atoms with Crippen LogP contribution in [0.25, 0.3) is 6.08 Å². The van der Waals surface area contributed by atoms with Gasteiger partial charge in [-0.2, -0.15) is 4.31 Å². The number of hydrogen-bond acceptors (Lipinski definition) is 6. The van der Waals surface area contributed by atoms with Crippen molar-refractivity contribution in [2.24, 2.45) is 0 Å². The average molecular weight is 502 g/mol. The Labute approximate surface area is 202 Å². The average Bonchev–Trinajstić information content (AvgIpc) is 2.99. The van der Waals surface area contributed by atoms with E-state index < -0.39 is 36.1 Å². The lowest BCUT2D eigenvalue weighted by Crippen LogP contribution is -2.39. The van der Waals surface area contributed by atoms with Gasteiger partial charge in [0.15, 0.2) is 0 Å². The Bertz CT molecular complexity index is 1200. The first-order chi connectivity index (χ1) is 16.0. The van der Waals surface area contributed by atoms with Crippen LogP contribution in [0.4, 0.5) is 0 Å². The van der Waals surface area contributed by atoms with Crippen molar-refractivity contribution in [3.05, 3.63) is 76.4 Å². The topological polar surface area (TPSA) is 90.0 Å². The monoisotopic (exact) mass is 501 g/mol. The molecule has 1 heterocycles. The van der Waals surface area contributed by atoms with Crippen molar-refractivity contribution in [3.63, 3.8) is 0 Å². The van der Waals surface area contributed by atoms with Gasteiger partial charge in [-0.15, -0.1) is 0 Å². The fourth-order valence-electron chi connectivity index (χ4n) is 3.84. The molecule has 0 N–H and O–H groups in total. The van der Waals surface area contributed by atoms with Crippen LogP contribution in [0.15, 0.2) is 54.1 Å². The lowest BCUT2D eigenvalue weighted by molar-refractivity contribution is -0.136. The number of sulfonamides is 1. The number of fused-ring (bicyclic) bond motifs is 1. The number of esters is 2. The molecule has 0 aromatic heterocycles. The van der Waals surface area contributed by atoms with Crippen molar-refractivity contribution in [3.8, 4) is 0 Å². The molecule has 0 saturated carbocycles. The van der Waals surface area contributed by atoms with Crippen molar-refractivity contribution in [2.45, 2.75) is 38.3 Å². The fraction of sp³-hybridized carbons (Fsp3) is 0.360. The summed E-state index contributed by atoms with van der Waals surface area (Å²) in [6, 6.07) is 13.6. The first-order valence-electron chi connectivity index (χ1n) is 11.0. The predicted octanol–water partition coefficient (Wildman–Crippen LogP) is 4.25. The molecule has 0 saturated heterocycles. The van der Waals surface area contributed by atoms with Gasteiger partial charge in [0.25, 0.3) is 0 Å². The molecular formula is C25H31NO6SSi. The lowest BCUT2D eigenvalue weighted by Gasteiger charge is -2.32. The van der Waals surface area contributed by atoms with Crippen molar-refractivity contribution < 1.29 is 27.5 Å². The fourth-order valence-corrected chi connectivity index (χ4v) is 8.45. The molecule has 34 heavy (non-hydrogen) atoms. The lowest BCUT2D eigenvalue weighted by atomic mass is 9.96. The highest BCUT2D eigenvalue weighted by Gasteiger charge is 2.39. The molecule has 3 rings (SSSR count). The highest BCUT2D eigenvalue weighted by Crippen LogP contribution is 2.38. The number of nitrogens with zero attached hydrogens (tertiary/aromatic N) is 1. The van der Waals surface area contributed by atoms with E-state index >= 15 is 0 Å². The van der Waals surface area contributed by atoms with Crippen molar-refractivity contribution in [1.29, 1.82) is 0 Å². The van der Waals surface area contributed by atoms with Gasteiger partial charge in [-0.25, -0.2) is 18.0 Å². The second kappa shape index (κ2) is 10.2. The minimum absolute atomic E-state index is 0.00388. The molecule has 0 aliphatic carbocycles. The smallest absolute Gasteiger partial charge is 0.337 e. The molecule has 0 spiro atoms. The summed E-state index contributed by atoms with van der Waals surface area (Å²) in [6.45, 7) is 6.50. The van der Waals surface area contributed by atoms with Gasteiger partial charge in [-0.05, 0) is 40.9 Å². The Kier molecular flexibility index (Phi) is 7.79. The second-order valence-corrected chi connectivity index (χ2v) is 17.1. The molecule has 2 aromatic carbocycles. The molecule has 182 valence electrons. The third-order valence-corrected chi connectivity index (χ3v) is 9.70. The van der Waals surface area contributed by atoms with Crippen LogP contribution in [0, 0.1) is 0 Å². The van der Waals surface area contributed by atoms with Crippen molar-refractivity contribution >= 4 is 36.1 Å². The SMILES string of the molecule is COC(=O)C1=Cc2ccccc2CN(S(=O)(=O)CC[Si](C)(C)C)C1c1ccc(C(=O)OC)cc1. The van der Waals surface area contributed by atoms with Crippen LogP contribution >= 0.6 is 0 Å². The third kappa shape index (κ3) is 5.83. The number of rotatable bonds is 7. The minimum Gasteiger partial charge on any atom is -0.466 e. The van der Waals surface area contributed by atoms with E-state index in [0.717, 1.165) is 11.1 Å². The normalized spacial score (nSPS) is 16.7. The largest absolute Gasteiger partial charge is 0.466 e. The molecule has 0 bridgehead atoms. The van der Waals surface area contributed by atoms with Crippen molar-refractivity contribution in [2.75, 3.05) is 20.0 Å². The van der Waals surface area contributed by atoms with Crippen LogP contribution < -0.4 is 0 Å². The number of methoxy groups -OCH3 is 2. The number of hydrogen-bond donors (Lipinski definition) is 0. The molecule has 1 unspecified atom stereocenters. The van der Waals surface area contributed by atoms with E-state index in [1.165, 1.54) is 18.5 Å². The molecule has 0 amide bonds. The van der Waals surface area contributed by atoms with E-state index in [2.05, 4.69) is 19.6 Å². The van der Waals surface area contributed by atoms with E-state index in [4.69, 9.17) is 9.47 Å². The highest BCUT2D eigenvalue weighted by molar-refractivity contribution is 7.89. The first kappa shape index (κ1) is 25.9. The maximum atomic E-state index is 13.8. The zero-order valence-corrected chi connectivity index (χ0v) is 22.0. The van der Waals surface area contributed by atoms with E-state index in [-0.39, 0.29) is 17.9 Å². The van der Waals surface area contributed by atoms with Crippen LogP contribution in [0.2, 0.25) is 25.7 Å². The zero-order valence-electron chi connectivity index (χ0n) is 20.2. The number of carbonyl (C=O) groups excluding carboxylic acids is 2. The van der Waals surface area contributed by atoms with Crippen molar-refractivity contribution in [1.82, 2.24) is 4.31 Å². The molecule has 0 fully saturated rings. The van der Waals surface area contributed by atoms with Crippen LogP contribution in [0.1, 0.15) is 33.1 Å². The first-order valence-corrected chi connectivity index (χ1v) is 16.3. The summed E-state index contributed by atoms with van der Waals surface area (Å²) in [5.74, 6) is -1.11. The van der Waals surface area contributed by atoms with Gasteiger partial charge in [-0.1, -0.05) is 56.0 Å². The van der Waals surface area contributed by atoms with Gasteiger partial charge in [0.05, 0.1) is 37.2 Å². The summed E-state index contributed by atoms with van der Waals surface area (Å²) in [4.78, 5) is 24.9. The van der Waals surface area contributed by atoms with Gasteiger partial charge in [0.2, 0.25) is 10.0 Å². The Hall–Kier alpha value is -2.75. The third-order valence-electron chi connectivity index (χ3n) is 5.81. The van der Waals surface area contributed by atoms with Gasteiger partial charge in [0, 0.05) is 14.6 Å². The molecule has 9 heteroatoms. The maximum Gasteiger partial charge on any atom is 0.337 e. The summed E-state index contributed by atoms with van der Waals surface area (Å²) in [5, 5.41) is 0. The Balaban J connectivity index is 2.19. The molecule has 2 aromatic rings. The van der Waals surface area contributed by atoms with Crippen LogP contribution in [-0.4, -0.2) is 52.7 Å². The molecule has 0 radical (unpaired) electrons. The van der Waals surface area contributed by atoms with Crippen LogP contribution in [-0.2, 0) is 30.8 Å². The Morgan fingerprint density at radius 2 is 1.59 bits per heavy atom. The van der Waals surface area contributed by atoms with Crippen LogP contribution in [0.3, 0.4) is 0 Å². The zero-order chi connectivity index (χ0) is 25.1. The predicted molar refractivity (Wildman–Crippen MR) is 134 cm³/mol. The summed E-state index contributed by atoms with van der Waals surface area (Å²) < 4.78 is 38.7. The highest BCUT2D eigenvalue weighted by atomic mass is 32.2. The molecular weight excluding hydrogens is 470 g/mol. The van der Waals surface area contributed by atoms with E-state index in [0.29, 0.717) is 17.2 Å². The van der Waals surface area contributed by atoms with Gasteiger partial charge >= 0.3 is 11.9 Å². The van der Waals surface area contributed by atoms with E-state index in [1.807, 2.05) is 24.3 Å². The Morgan fingerprint density at radius 1 is 0.971 bits per heavy atom. The quantitative estimate of drug-likeness (QED) is 0.416. The number of benzene rings is 2. The summed E-state index contributed by atoms with van der Waals surface area (Å²) >= 11 is 0. The maximum absolute atomic E-state index is 13.8. The van der Waals surface area contributed by atoms with Gasteiger partial charge in [-0.3, -0.25) is 0 Å². The molecule has 1 atom stereocenters. The summed E-state index contributed by atoms with van der Waals surface area (Å²) in [6.07, 6.45) is 1.70. The standard InChI is InChI=1S/C25H31NO6SSi/c1-31-24(27)19-12-10-18(11-13-19)23-22(25(28)32-2)16-20-8-6-7-9-21(20)17-26(23)33(29,30)14-15-34(3,4)5/h6-13,16,23H,14-15,17H2,1-5H3. The molecule has 7 nitrogen and oxygen atoms in total. The number of ether oxygens (including phenoxy) is 2. The Morgan fingerprint density at radius 3 is 2.18 bits per heavy atom. The second-order valence-electron chi connectivity index (χ2n) is 9.48. The minimum atomic E-state index is -3.76. The van der Waals surface area contributed by atoms with Gasteiger partial charge < -0.3 is 9.47 Å². The summed E-state index contributed by atoms with van der Waals surface area (Å²) in [5.41, 5.74) is 2.68. The summed E-state index contributed by atoms with van der Waals surface area (Å²) in [7, 11) is -2.83. The van der Waals surface area contributed by atoms with E-state index in [1.54, 1.807) is 30.3 Å².